The standard InChI is InChI=1S/C13H14O2/c1-2-9-7-8-10-5-3-4-6-11(10)12(9)13(14)15/h3-6H,2,7-8H2,1H3,(H,14,15). The van der Waals surface area contributed by atoms with Crippen LogP contribution < -0.4 is 0 Å². The van der Waals surface area contributed by atoms with Crippen LogP contribution in [0.3, 0.4) is 0 Å². The van der Waals surface area contributed by atoms with E-state index in [0.29, 0.717) is 5.57 Å². The van der Waals surface area contributed by atoms with Gasteiger partial charge in [0.05, 0.1) is 5.57 Å². The summed E-state index contributed by atoms with van der Waals surface area (Å²) in [5.41, 5.74) is 3.67. The molecular weight excluding hydrogens is 188 g/mol. The molecule has 2 nitrogen and oxygen atoms in total. The smallest absolute Gasteiger partial charge is 0.336 e. The van der Waals surface area contributed by atoms with Gasteiger partial charge in [0.15, 0.2) is 0 Å². The van der Waals surface area contributed by atoms with Gasteiger partial charge in [-0.05, 0) is 30.4 Å². The molecule has 1 aliphatic rings. The Balaban J connectivity index is 2.60. The highest BCUT2D eigenvalue weighted by atomic mass is 16.4. The van der Waals surface area contributed by atoms with Gasteiger partial charge in [0.2, 0.25) is 0 Å². The summed E-state index contributed by atoms with van der Waals surface area (Å²) in [4.78, 5) is 11.2. The minimum Gasteiger partial charge on any atom is -0.478 e. The van der Waals surface area contributed by atoms with Crippen LogP contribution in [0.4, 0.5) is 0 Å². The van der Waals surface area contributed by atoms with Crippen molar-refractivity contribution in [2.24, 2.45) is 0 Å². The van der Waals surface area contributed by atoms with Gasteiger partial charge in [-0.25, -0.2) is 4.79 Å². The van der Waals surface area contributed by atoms with Crippen molar-refractivity contribution in [1.29, 1.82) is 0 Å². The minimum absolute atomic E-state index is 0.527. The molecule has 0 saturated carbocycles. The number of rotatable bonds is 2. The van der Waals surface area contributed by atoms with Crippen LogP contribution in [-0.4, -0.2) is 11.1 Å². The lowest BCUT2D eigenvalue weighted by atomic mass is 9.84. The van der Waals surface area contributed by atoms with Gasteiger partial charge in [0.25, 0.3) is 0 Å². The molecule has 78 valence electrons. The van der Waals surface area contributed by atoms with Gasteiger partial charge in [0, 0.05) is 0 Å². The van der Waals surface area contributed by atoms with Crippen LogP contribution in [0, 0.1) is 0 Å². The fourth-order valence-electron chi connectivity index (χ4n) is 2.20. The Morgan fingerprint density at radius 2 is 2.07 bits per heavy atom. The summed E-state index contributed by atoms with van der Waals surface area (Å²) < 4.78 is 0. The zero-order valence-electron chi connectivity index (χ0n) is 8.79. The number of carbonyl (C=O) groups is 1. The average Bonchev–Trinajstić information content (AvgIpc) is 2.27. The molecule has 0 heterocycles. The number of aryl methyl sites for hydroxylation is 1. The van der Waals surface area contributed by atoms with Gasteiger partial charge < -0.3 is 5.11 Å². The van der Waals surface area contributed by atoms with E-state index in [9.17, 15) is 9.90 Å². The number of allylic oxidation sites excluding steroid dienone is 1. The lowest BCUT2D eigenvalue weighted by molar-refractivity contribution is -0.130. The number of benzene rings is 1. The van der Waals surface area contributed by atoms with Crippen molar-refractivity contribution in [2.75, 3.05) is 0 Å². The van der Waals surface area contributed by atoms with Crippen molar-refractivity contribution in [3.8, 4) is 0 Å². The topological polar surface area (TPSA) is 37.3 Å². The Hall–Kier alpha value is -1.57. The molecule has 0 amide bonds. The Labute approximate surface area is 89.2 Å². The first kappa shape index (κ1) is 9.97. The molecule has 0 unspecified atom stereocenters. The Morgan fingerprint density at radius 3 is 2.73 bits per heavy atom. The molecule has 0 saturated heterocycles. The molecule has 0 spiro atoms. The largest absolute Gasteiger partial charge is 0.478 e. The van der Waals surface area contributed by atoms with Crippen molar-refractivity contribution < 1.29 is 9.90 Å². The Morgan fingerprint density at radius 1 is 1.33 bits per heavy atom. The molecule has 15 heavy (non-hydrogen) atoms. The summed E-state index contributed by atoms with van der Waals surface area (Å²) in [7, 11) is 0. The van der Waals surface area contributed by atoms with E-state index in [0.717, 1.165) is 36.0 Å². The SMILES string of the molecule is CCC1=C(C(=O)O)c2ccccc2CC1. The van der Waals surface area contributed by atoms with Crippen LogP contribution in [0.25, 0.3) is 5.57 Å². The molecule has 0 aromatic heterocycles. The maximum atomic E-state index is 11.2. The quantitative estimate of drug-likeness (QED) is 0.800. The second-order valence-corrected chi connectivity index (χ2v) is 3.79. The fourth-order valence-corrected chi connectivity index (χ4v) is 2.20. The first-order valence-electron chi connectivity index (χ1n) is 5.27. The summed E-state index contributed by atoms with van der Waals surface area (Å²) in [5, 5.41) is 9.23. The molecule has 1 N–H and O–H groups in total. The summed E-state index contributed by atoms with van der Waals surface area (Å²) in [6.45, 7) is 2.02. The van der Waals surface area contributed by atoms with Crippen molar-refractivity contribution >= 4 is 11.5 Å². The van der Waals surface area contributed by atoms with E-state index in [-0.39, 0.29) is 0 Å². The van der Waals surface area contributed by atoms with E-state index < -0.39 is 5.97 Å². The zero-order chi connectivity index (χ0) is 10.8. The third-order valence-corrected chi connectivity index (χ3v) is 2.98. The highest BCUT2D eigenvalue weighted by Crippen LogP contribution is 2.32. The van der Waals surface area contributed by atoms with Gasteiger partial charge >= 0.3 is 5.97 Å². The van der Waals surface area contributed by atoms with Crippen LogP contribution in [-0.2, 0) is 11.2 Å². The second-order valence-electron chi connectivity index (χ2n) is 3.79. The molecule has 0 aliphatic heterocycles. The minimum atomic E-state index is -0.793. The van der Waals surface area contributed by atoms with E-state index in [1.807, 2.05) is 31.2 Å². The summed E-state index contributed by atoms with van der Waals surface area (Å²) in [6, 6.07) is 7.80. The maximum Gasteiger partial charge on any atom is 0.336 e. The van der Waals surface area contributed by atoms with Crippen LogP contribution in [0.5, 0.6) is 0 Å². The second kappa shape index (κ2) is 3.89. The number of carboxylic acids is 1. The molecule has 1 aliphatic carbocycles. The van der Waals surface area contributed by atoms with Gasteiger partial charge in [0.1, 0.15) is 0 Å². The first-order chi connectivity index (χ1) is 7.24. The molecule has 2 heteroatoms. The molecule has 0 bridgehead atoms. The van der Waals surface area contributed by atoms with Gasteiger partial charge in [-0.3, -0.25) is 0 Å². The molecular formula is C13H14O2. The third-order valence-electron chi connectivity index (χ3n) is 2.98. The number of carboxylic acid groups (broad SMARTS) is 1. The molecule has 0 fully saturated rings. The summed E-state index contributed by atoms with van der Waals surface area (Å²) >= 11 is 0. The van der Waals surface area contributed by atoms with Crippen LogP contribution in [0.15, 0.2) is 29.8 Å². The van der Waals surface area contributed by atoms with Crippen molar-refractivity contribution in [2.45, 2.75) is 26.2 Å². The highest BCUT2D eigenvalue weighted by Gasteiger charge is 2.22. The monoisotopic (exact) mass is 202 g/mol. The third kappa shape index (κ3) is 1.67. The Kier molecular flexibility index (Phi) is 2.58. The number of fused-ring (bicyclic) bond motifs is 1. The molecule has 1 aromatic rings. The lowest BCUT2D eigenvalue weighted by Crippen LogP contribution is -2.11. The zero-order valence-corrected chi connectivity index (χ0v) is 8.79. The van der Waals surface area contributed by atoms with E-state index in [1.165, 1.54) is 0 Å². The van der Waals surface area contributed by atoms with E-state index in [2.05, 4.69) is 0 Å². The average molecular weight is 202 g/mol. The number of aliphatic carboxylic acids is 1. The highest BCUT2D eigenvalue weighted by molar-refractivity contribution is 6.17. The van der Waals surface area contributed by atoms with E-state index >= 15 is 0 Å². The molecule has 0 radical (unpaired) electrons. The van der Waals surface area contributed by atoms with Crippen molar-refractivity contribution in [1.82, 2.24) is 0 Å². The predicted molar refractivity (Wildman–Crippen MR) is 59.6 cm³/mol. The van der Waals surface area contributed by atoms with Crippen LogP contribution >= 0.6 is 0 Å². The predicted octanol–water partition coefficient (Wildman–Crippen LogP) is 2.88. The molecule has 2 rings (SSSR count). The molecule has 0 atom stereocenters. The van der Waals surface area contributed by atoms with E-state index in [1.54, 1.807) is 0 Å². The summed E-state index contributed by atoms with van der Waals surface area (Å²) in [5.74, 6) is -0.793. The van der Waals surface area contributed by atoms with E-state index in [4.69, 9.17) is 0 Å². The van der Waals surface area contributed by atoms with Crippen molar-refractivity contribution in [3.05, 3.63) is 41.0 Å². The first-order valence-corrected chi connectivity index (χ1v) is 5.27. The van der Waals surface area contributed by atoms with Crippen molar-refractivity contribution in [3.63, 3.8) is 0 Å². The van der Waals surface area contributed by atoms with Crippen LogP contribution in [0.1, 0.15) is 30.9 Å². The normalized spacial score (nSPS) is 15.0. The number of hydrogen-bond donors (Lipinski definition) is 1. The van der Waals surface area contributed by atoms with Gasteiger partial charge in [-0.1, -0.05) is 36.8 Å². The lowest BCUT2D eigenvalue weighted by Gasteiger charge is -2.20. The van der Waals surface area contributed by atoms with Gasteiger partial charge in [-0.15, -0.1) is 0 Å². The molecule has 1 aromatic carbocycles. The number of hydrogen-bond acceptors (Lipinski definition) is 1. The van der Waals surface area contributed by atoms with Crippen LogP contribution in [0.2, 0.25) is 0 Å². The summed E-state index contributed by atoms with van der Waals surface area (Å²) in [6.07, 6.45) is 2.68. The fraction of sp³-hybridized carbons (Fsp3) is 0.308. The maximum absolute atomic E-state index is 11.2. The van der Waals surface area contributed by atoms with Gasteiger partial charge in [-0.2, -0.15) is 0 Å². The Bertz CT molecular complexity index is 430.